The molecule has 4 rings (SSSR count). The molecule has 0 radical (unpaired) electrons. The van der Waals surface area contributed by atoms with Crippen LogP contribution in [-0.4, -0.2) is 47.5 Å². The summed E-state index contributed by atoms with van der Waals surface area (Å²) in [6.07, 6.45) is -0.433. The maximum atomic E-state index is 14.7. The van der Waals surface area contributed by atoms with Gasteiger partial charge in [-0.05, 0) is 24.1 Å². The molecular formula is C21H20ClF3N4O2. The number of fused-ring (bicyclic) bond motifs is 1. The first-order valence-corrected chi connectivity index (χ1v) is 10.1. The lowest BCUT2D eigenvalue weighted by atomic mass is 10.1. The minimum Gasteiger partial charge on any atom is -0.394 e. The summed E-state index contributed by atoms with van der Waals surface area (Å²) in [5.74, 6) is -4.08. The van der Waals surface area contributed by atoms with Crippen molar-refractivity contribution in [3.63, 3.8) is 0 Å². The molecule has 2 N–H and O–H groups in total. The molecule has 31 heavy (non-hydrogen) atoms. The van der Waals surface area contributed by atoms with Crippen LogP contribution in [0.5, 0.6) is 0 Å². The summed E-state index contributed by atoms with van der Waals surface area (Å²) in [6, 6.07) is 6.26. The van der Waals surface area contributed by atoms with Gasteiger partial charge in [0.25, 0.3) is 0 Å². The van der Waals surface area contributed by atoms with Crippen molar-refractivity contribution >= 4 is 34.3 Å². The van der Waals surface area contributed by atoms with E-state index in [-0.39, 0.29) is 35.8 Å². The van der Waals surface area contributed by atoms with Crippen molar-refractivity contribution in [2.75, 3.05) is 36.5 Å². The molecule has 0 saturated carbocycles. The summed E-state index contributed by atoms with van der Waals surface area (Å²) >= 11 is 6.27. The Morgan fingerprint density at radius 3 is 2.81 bits per heavy atom. The predicted molar refractivity (Wildman–Crippen MR) is 112 cm³/mol. The van der Waals surface area contributed by atoms with Crippen molar-refractivity contribution in [3.8, 4) is 0 Å². The monoisotopic (exact) mass is 452 g/mol. The number of hydrogen-bond acceptors (Lipinski definition) is 6. The van der Waals surface area contributed by atoms with E-state index in [2.05, 4.69) is 15.3 Å². The second-order valence-electron chi connectivity index (χ2n) is 7.26. The molecule has 1 atom stereocenters. The second kappa shape index (κ2) is 8.86. The molecule has 1 aliphatic rings. The summed E-state index contributed by atoms with van der Waals surface area (Å²) in [5.41, 5.74) is 1.61. The summed E-state index contributed by atoms with van der Waals surface area (Å²) in [5, 5.41) is 12.7. The van der Waals surface area contributed by atoms with E-state index in [1.165, 1.54) is 0 Å². The minimum atomic E-state index is -1.59. The number of aromatic nitrogens is 2. The number of aliphatic hydroxyl groups excluding tert-OH is 1. The van der Waals surface area contributed by atoms with E-state index in [4.69, 9.17) is 16.3 Å². The van der Waals surface area contributed by atoms with E-state index < -0.39 is 23.6 Å². The molecule has 10 heteroatoms. The molecule has 0 bridgehead atoms. The van der Waals surface area contributed by atoms with E-state index in [1.807, 2.05) is 19.1 Å². The molecule has 1 aliphatic heterocycles. The molecule has 1 fully saturated rings. The number of halogens is 4. The Morgan fingerprint density at radius 1 is 1.26 bits per heavy atom. The van der Waals surface area contributed by atoms with Gasteiger partial charge in [-0.1, -0.05) is 23.7 Å². The highest BCUT2D eigenvalue weighted by Gasteiger charge is 2.25. The topological polar surface area (TPSA) is 70.5 Å². The van der Waals surface area contributed by atoms with Crippen LogP contribution in [-0.2, 0) is 11.3 Å². The molecule has 1 saturated heterocycles. The molecule has 164 valence electrons. The lowest BCUT2D eigenvalue weighted by molar-refractivity contribution is 0.00316. The van der Waals surface area contributed by atoms with Gasteiger partial charge in [0.05, 0.1) is 30.2 Å². The Bertz CT molecular complexity index is 1110. The minimum absolute atomic E-state index is 0.0164. The average molecular weight is 453 g/mol. The first-order chi connectivity index (χ1) is 14.9. The standard InChI is InChI=1S/C21H20ClF3N4O2/c1-11-3-2-4-14(22)13(11)8-26-20-17-16(7-15(23)18(24)19(17)25)27-21(28-20)29-5-6-31-12(9-29)10-30/h2-4,7,12,30H,5-6,8-10H2,1H3,(H,26,27,28)/t12-/m1/s1. The number of ether oxygens (including phenoxy) is 1. The van der Waals surface area contributed by atoms with Crippen LogP contribution in [0.1, 0.15) is 11.1 Å². The van der Waals surface area contributed by atoms with Crippen molar-refractivity contribution < 1.29 is 23.0 Å². The number of nitrogens with one attached hydrogen (secondary N) is 1. The van der Waals surface area contributed by atoms with Crippen molar-refractivity contribution in [1.82, 2.24) is 9.97 Å². The molecule has 0 spiro atoms. The van der Waals surface area contributed by atoms with Gasteiger partial charge in [-0.3, -0.25) is 0 Å². The van der Waals surface area contributed by atoms with Crippen molar-refractivity contribution in [1.29, 1.82) is 0 Å². The van der Waals surface area contributed by atoms with Crippen LogP contribution in [0.25, 0.3) is 10.9 Å². The van der Waals surface area contributed by atoms with Crippen LogP contribution in [0.2, 0.25) is 5.02 Å². The van der Waals surface area contributed by atoms with Gasteiger partial charge in [0.2, 0.25) is 5.95 Å². The fourth-order valence-corrected chi connectivity index (χ4v) is 3.82. The van der Waals surface area contributed by atoms with Gasteiger partial charge >= 0.3 is 0 Å². The number of nitrogens with zero attached hydrogens (tertiary/aromatic N) is 3. The van der Waals surface area contributed by atoms with E-state index in [0.717, 1.165) is 17.2 Å². The Kier molecular flexibility index (Phi) is 6.17. The fourth-order valence-electron chi connectivity index (χ4n) is 3.53. The number of aliphatic hydroxyl groups is 1. The quantitative estimate of drug-likeness (QED) is 0.574. The van der Waals surface area contributed by atoms with E-state index in [0.29, 0.717) is 24.7 Å². The van der Waals surface area contributed by atoms with Gasteiger partial charge in [0.15, 0.2) is 17.5 Å². The van der Waals surface area contributed by atoms with Gasteiger partial charge in [-0.25, -0.2) is 18.2 Å². The first-order valence-electron chi connectivity index (χ1n) is 9.69. The van der Waals surface area contributed by atoms with E-state index in [1.54, 1.807) is 11.0 Å². The smallest absolute Gasteiger partial charge is 0.228 e. The third-order valence-corrected chi connectivity index (χ3v) is 5.58. The molecule has 2 aromatic carbocycles. The average Bonchev–Trinajstić information content (AvgIpc) is 2.76. The van der Waals surface area contributed by atoms with Crippen LogP contribution in [0.15, 0.2) is 24.3 Å². The van der Waals surface area contributed by atoms with E-state index >= 15 is 0 Å². The van der Waals surface area contributed by atoms with Gasteiger partial charge < -0.3 is 20.1 Å². The van der Waals surface area contributed by atoms with Crippen molar-refractivity contribution in [2.24, 2.45) is 0 Å². The zero-order chi connectivity index (χ0) is 22.1. The molecule has 0 amide bonds. The zero-order valence-corrected chi connectivity index (χ0v) is 17.4. The highest BCUT2D eigenvalue weighted by molar-refractivity contribution is 6.31. The molecule has 3 aromatic rings. The second-order valence-corrected chi connectivity index (χ2v) is 7.67. The lowest BCUT2D eigenvalue weighted by Gasteiger charge is -2.32. The van der Waals surface area contributed by atoms with Crippen molar-refractivity contribution in [3.05, 3.63) is 57.9 Å². The summed E-state index contributed by atoms with van der Waals surface area (Å²) in [7, 11) is 0. The number of anilines is 2. The Labute approximate surface area is 181 Å². The number of hydrogen-bond donors (Lipinski definition) is 2. The highest BCUT2D eigenvalue weighted by Crippen LogP contribution is 2.31. The SMILES string of the molecule is Cc1cccc(Cl)c1CNc1nc(N2CCO[C@@H](CO)C2)nc2cc(F)c(F)c(F)c12. The highest BCUT2D eigenvalue weighted by atomic mass is 35.5. The summed E-state index contributed by atoms with van der Waals surface area (Å²) < 4.78 is 48.0. The van der Waals surface area contributed by atoms with Crippen LogP contribution in [0, 0.1) is 24.4 Å². The van der Waals surface area contributed by atoms with E-state index in [9.17, 15) is 18.3 Å². The van der Waals surface area contributed by atoms with Gasteiger partial charge in [0, 0.05) is 30.7 Å². The summed E-state index contributed by atoms with van der Waals surface area (Å²) in [6.45, 7) is 2.95. The molecular weight excluding hydrogens is 433 g/mol. The molecule has 2 heterocycles. The van der Waals surface area contributed by atoms with Gasteiger partial charge in [-0.2, -0.15) is 4.98 Å². The Hall–Kier alpha value is -2.62. The molecule has 0 unspecified atom stereocenters. The number of morpholine rings is 1. The Morgan fingerprint density at radius 2 is 2.06 bits per heavy atom. The van der Waals surface area contributed by atoms with Crippen LogP contribution < -0.4 is 10.2 Å². The molecule has 6 nitrogen and oxygen atoms in total. The number of rotatable bonds is 5. The van der Waals surface area contributed by atoms with Gasteiger partial charge in [-0.15, -0.1) is 0 Å². The van der Waals surface area contributed by atoms with Crippen molar-refractivity contribution in [2.45, 2.75) is 19.6 Å². The maximum Gasteiger partial charge on any atom is 0.228 e. The maximum absolute atomic E-state index is 14.7. The normalized spacial score (nSPS) is 16.7. The Balaban J connectivity index is 1.78. The molecule has 1 aromatic heterocycles. The molecule has 0 aliphatic carbocycles. The first kappa shape index (κ1) is 21.6. The number of aryl methyl sites for hydroxylation is 1. The largest absolute Gasteiger partial charge is 0.394 e. The van der Waals surface area contributed by atoms with Crippen LogP contribution in [0.3, 0.4) is 0 Å². The third-order valence-electron chi connectivity index (χ3n) is 5.22. The number of benzene rings is 2. The van der Waals surface area contributed by atoms with Crippen LogP contribution in [0.4, 0.5) is 24.9 Å². The lowest BCUT2D eigenvalue weighted by Crippen LogP contribution is -2.44. The summed E-state index contributed by atoms with van der Waals surface area (Å²) in [4.78, 5) is 10.4. The van der Waals surface area contributed by atoms with Gasteiger partial charge in [0.1, 0.15) is 5.82 Å². The predicted octanol–water partition coefficient (Wildman–Crippen LogP) is 3.82. The van der Waals surface area contributed by atoms with Crippen LogP contribution >= 0.6 is 11.6 Å². The zero-order valence-electron chi connectivity index (χ0n) is 16.6. The third kappa shape index (κ3) is 4.26. The fraction of sp³-hybridized carbons (Fsp3) is 0.333.